The summed E-state index contributed by atoms with van der Waals surface area (Å²) in [5.41, 5.74) is 1.02. The Morgan fingerprint density at radius 1 is 1.28 bits per heavy atom. The standard InChI is InChI=1S/C15H21NO2/c1-13(2)12-15(17)16(3)10-7-11-18-14-8-5-4-6-9-14/h4-6,8-9,12H,7,10-11H2,1-3H3. The van der Waals surface area contributed by atoms with Crippen molar-refractivity contribution in [1.29, 1.82) is 0 Å². The molecule has 1 aromatic carbocycles. The number of hydrogen-bond acceptors (Lipinski definition) is 2. The molecule has 0 saturated heterocycles. The number of para-hydroxylation sites is 1. The van der Waals surface area contributed by atoms with Crippen LogP contribution in [0.3, 0.4) is 0 Å². The molecule has 0 aliphatic carbocycles. The van der Waals surface area contributed by atoms with Gasteiger partial charge in [-0.2, -0.15) is 0 Å². The van der Waals surface area contributed by atoms with Crippen molar-refractivity contribution in [3.8, 4) is 5.75 Å². The molecule has 0 atom stereocenters. The number of benzene rings is 1. The van der Waals surface area contributed by atoms with E-state index in [2.05, 4.69) is 0 Å². The summed E-state index contributed by atoms with van der Waals surface area (Å²) < 4.78 is 5.56. The molecule has 1 rings (SSSR count). The zero-order valence-corrected chi connectivity index (χ0v) is 11.3. The molecule has 1 amide bonds. The number of rotatable bonds is 6. The first-order valence-electron chi connectivity index (χ1n) is 6.17. The van der Waals surface area contributed by atoms with E-state index >= 15 is 0 Å². The summed E-state index contributed by atoms with van der Waals surface area (Å²) in [5.74, 6) is 0.922. The Hall–Kier alpha value is -1.77. The quantitative estimate of drug-likeness (QED) is 0.571. The first kappa shape index (κ1) is 14.3. The first-order valence-corrected chi connectivity index (χ1v) is 6.17. The maximum Gasteiger partial charge on any atom is 0.246 e. The Bertz CT molecular complexity index is 394. The summed E-state index contributed by atoms with van der Waals surface area (Å²) in [5, 5.41) is 0. The molecule has 3 heteroatoms. The summed E-state index contributed by atoms with van der Waals surface area (Å²) in [6.45, 7) is 5.17. The van der Waals surface area contributed by atoms with E-state index in [0.29, 0.717) is 13.2 Å². The highest BCUT2D eigenvalue weighted by molar-refractivity contribution is 5.87. The van der Waals surface area contributed by atoms with Gasteiger partial charge >= 0.3 is 0 Å². The minimum Gasteiger partial charge on any atom is -0.494 e. The third-order valence-electron chi connectivity index (χ3n) is 2.44. The molecule has 0 aromatic heterocycles. The smallest absolute Gasteiger partial charge is 0.246 e. The molecule has 0 aliphatic rings. The van der Waals surface area contributed by atoms with Gasteiger partial charge in [0.05, 0.1) is 6.61 Å². The number of hydrogen-bond donors (Lipinski definition) is 0. The molecule has 3 nitrogen and oxygen atoms in total. The van der Waals surface area contributed by atoms with Gasteiger partial charge in [-0.15, -0.1) is 0 Å². The van der Waals surface area contributed by atoms with E-state index in [1.165, 1.54) is 0 Å². The molecule has 98 valence electrons. The van der Waals surface area contributed by atoms with Crippen LogP contribution in [-0.4, -0.2) is 31.0 Å². The summed E-state index contributed by atoms with van der Waals surface area (Å²) in [4.78, 5) is 13.3. The van der Waals surface area contributed by atoms with Crippen LogP contribution in [0.1, 0.15) is 20.3 Å². The topological polar surface area (TPSA) is 29.5 Å². The second kappa shape index (κ2) is 7.54. The van der Waals surface area contributed by atoms with Crippen LogP contribution >= 0.6 is 0 Å². The predicted octanol–water partition coefficient (Wildman–Crippen LogP) is 2.88. The number of nitrogens with zero attached hydrogens (tertiary/aromatic N) is 1. The van der Waals surface area contributed by atoms with Crippen molar-refractivity contribution in [3.05, 3.63) is 42.0 Å². The van der Waals surface area contributed by atoms with Crippen LogP contribution in [0.25, 0.3) is 0 Å². The average molecular weight is 247 g/mol. The van der Waals surface area contributed by atoms with E-state index in [1.807, 2.05) is 51.2 Å². The van der Waals surface area contributed by atoms with Crippen LogP contribution in [0.4, 0.5) is 0 Å². The molecule has 0 aliphatic heterocycles. The van der Waals surface area contributed by atoms with E-state index in [0.717, 1.165) is 17.7 Å². The molecule has 0 fully saturated rings. The van der Waals surface area contributed by atoms with Crippen LogP contribution in [-0.2, 0) is 4.79 Å². The SMILES string of the molecule is CC(C)=CC(=O)N(C)CCCOc1ccccc1. The normalized spacial score (nSPS) is 9.72. The second-order valence-corrected chi connectivity index (χ2v) is 4.50. The third-order valence-corrected chi connectivity index (χ3v) is 2.44. The summed E-state index contributed by atoms with van der Waals surface area (Å²) in [7, 11) is 1.81. The van der Waals surface area contributed by atoms with E-state index < -0.39 is 0 Å². The van der Waals surface area contributed by atoms with Crippen molar-refractivity contribution < 1.29 is 9.53 Å². The van der Waals surface area contributed by atoms with Crippen molar-refractivity contribution in [3.63, 3.8) is 0 Å². The second-order valence-electron chi connectivity index (χ2n) is 4.50. The molecular formula is C15H21NO2. The lowest BCUT2D eigenvalue weighted by molar-refractivity contribution is -0.124. The van der Waals surface area contributed by atoms with Gasteiger partial charge in [0.2, 0.25) is 5.91 Å². The van der Waals surface area contributed by atoms with E-state index in [9.17, 15) is 4.79 Å². The van der Waals surface area contributed by atoms with Crippen LogP contribution < -0.4 is 4.74 Å². The molecule has 18 heavy (non-hydrogen) atoms. The summed E-state index contributed by atoms with van der Waals surface area (Å²) >= 11 is 0. The highest BCUT2D eigenvalue weighted by atomic mass is 16.5. The zero-order chi connectivity index (χ0) is 13.4. The van der Waals surface area contributed by atoms with Gasteiger partial charge in [-0.3, -0.25) is 4.79 Å². The number of likely N-dealkylation sites (N-methyl/N-ethyl adjacent to an activating group) is 1. The molecule has 0 spiro atoms. The largest absolute Gasteiger partial charge is 0.494 e. The van der Waals surface area contributed by atoms with Crippen LogP contribution in [0.2, 0.25) is 0 Å². The summed E-state index contributed by atoms with van der Waals surface area (Å²) in [6.07, 6.45) is 2.48. The molecule has 0 unspecified atom stereocenters. The molecule has 0 N–H and O–H groups in total. The maximum atomic E-state index is 11.6. The monoisotopic (exact) mass is 247 g/mol. The minimum absolute atomic E-state index is 0.0507. The fourth-order valence-electron chi connectivity index (χ4n) is 1.48. The number of carbonyl (C=O) groups is 1. The average Bonchev–Trinajstić information content (AvgIpc) is 2.34. The van der Waals surface area contributed by atoms with E-state index in [1.54, 1.807) is 11.0 Å². The van der Waals surface area contributed by atoms with Gasteiger partial charge in [-0.25, -0.2) is 0 Å². The molecular weight excluding hydrogens is 226 g/mol. The lowest BCUT2D eigenvalue weighted by Crippen LogP contribution is -2.27. The lowest BCUT2D eigenvalue weighted by atomic mass is 10.3. The predicted molar refractivity (Wildman–Crippen MR) is 73.6 cm³/mol. The van der Waals surface area contributed by atoms with Crippen LogP contribution in [0.5, 0.6) is 5.75 Å². The zero-order valence-electron chi connectivity index (χ0n) is 11.3. The first-order chi connectivity index (χ1) is 8.59. The molecule has 0 radical (unpaired) electrons. The minimum atomic E-state index is 0.0507. The Kier molecular flexibility index (Phi) is 5.98. The molecule has 0 heterocycles. The number of allylic oxidation sites excluding steroid dienone is 1. The van der Waals surface area contributed by atoms with E-state index in [-0.39, 0.29) is 5.91 Å². The molecule has 0 bridgehead atoms. The van der Waals surface area contributed by atoms with Crippen LogP contribution in [0.15, 0.2) is 42.0 Å². The lowest BCUT2D eigenvalue weighted by Gasteiger charge is -2.15. The third kappa shape index (κ3) is 5.53. The van der Waals surface area contributed by atoms with Crippen molar-refractivity contribution in [2.75, 3.05) is 20.2 Å². The molecule has 0 saturated carbocycles. The van der Waals surface area contributed by atoms with Crippen molar-refractivity contribution in [1.82, 2.24) is 4.90 Å². The van der Waals surface area contributed by atoms with E-state index in [4.69, 9.17) is 4.74 Å². The van der Waals surface area contributed by atoms with Gasteiger partial charge in [-0.05, 0) is 32.4 Å². The van der Waals surface area contributed by atoms with Crippen LogP contribution in [0, 0.1) is 0 Å². The highest BCUT2D eigenvalue weighted by Gasteiger charge is 2.04. The summed E-state index contributed by atoms with van der Waals surface area (Å²) in [6, 6.07) is 9.70. The van der Waals surface area contributed by atoms with Gasteiger partial charge < -0.3 is 9.64 Å². The van der Waals surface area contributed by atoms with Gasteiger partial charge in [0.1, 0.15) is 5.75 Å². The molecule has 1 aromatic rings. The Balaban J connectivity index is 2.22. The fourth-order valence-corrected chi connectivity index (χ4v) is 1.48. The number of amides is 1. The Morgan fingerprint density at radius 2 is 1.94 bits per heavy atom. The number of ether oxygens (including phenoxy) is 1. The highest BCUT2D eigenvalue weighted by Crippen LogP contribution is 2.08. The van der Waals surface area contributed by atoms with Gasteiger partial charge in [0, 0.05) is 19.7 Å². The Morgan fingerprint density at radius 3 is 2.56 bits per heavy atom. The Labute approximate surface area is 109 Å². The fraction of sp³-hybridized carbons (Fsp3) is 0.400. The van der Waals surface area contributed by atoms with Gasteiger partial charge in [0.25, 0.3) is 0 Å². The number of carbonyl (C=O) groups excluding carboxylic acids is 1. The van der Waals surface area contributed by atoms with Crippen molar-refractivity contribution >= 4 is 5.91 Å². The van der Waals surface area contributed by atoms with Crippen molar-refractivity contribution in [2.45, 2.75) is 20.3 Å². The van der Waals surface area contributed by atoms with Gasteiger partial charge in [-0.1, -0.05) is 23.8 Å². The maximum absolute atomic E-state index is 11.6. The van der Waals surface area contributed by atoms with Crippen molar-refractivity contribution in [2.24, 2.45) is 0 Å². The van der Waals surface area contributed by atoms with Gasteiger partial charge in [0.15, 0.2) is 0 Å².